The first-order valence-electron chi connectivity index (χ1n) is 2.91. The predicted octanol–water partition coefficient (Wildman–Crippen LogP) is 1.43. The van der Waals surface area contributed by atoms with Crippen LogP contribution >= 0.6 is 0 Å². The van der Waals surface area contributed by atoms with Crippen molar-refractivity contribution in [3.63, 3.8) is 0 Å². The Morgan fingerprint density at radius 1 is 1.67 bits per heavy atom. The van der Waals surface area contributed by atoms with Crippen molar-refractivity contribution in [2.45, 2.75) is 19.4 Å². The first-order chi connectivity index (χ1) is 4.14. The lowest BCUT2D eigenvalue weighted by atomic mass is 10.1. The van der Waals surface area contributed by atoms with E-state index in [-0.39, 0.29) is 5.54 Å². The minimum Gasteiger partial charge on any atom is -0.255 e. The zero-order chi connectivity index (χ0) is 6.91. The molecular weight excluding hydrogens is 112 g/mol. The normalized spacial score (nSPS) is 21.8. The minimum atomic E-state index is -0.108. The Balaban J connectivity index is 2.86. The highest BCUT2D eigenvalue weighted by Gasteiger charge is 2.17. The Morgan fingerprint density at radius 3 is 2.56 bits per heavy atom. The summed E-state index contributed by atoms with van der Waals surface area (Å²) in [5.74, 6) is 0.736. The van der Waals surface area contributed by atoms with Crippen LogP contribution in [-0.4, -0.2) is 17.6 Å². The quantitative estimate of drug-likeness (QED) is 0.502. The summed E-state index contributed by atoms with van der Waals surface area (Å²) in [7, 11) is 0. The third kappa shape index (κ3) is 1.25. The van der Waals surface area contributed by atoms with Crippen molar-refractivity contribution < 1.29 is 0 Å². The topological polar surface area (TPSA) is 24.7 Å². The molecule has 1 heterocycles. The summed E-state index contributed by atoms with van der Waals surface area (Å²) in [6, 6.07) is 0. The van der Waals surface area contributed by atoms with Gasteiger partial charge in [-0.2, -0.15) is 0 Å². The van der Waals surface area contributed by atoms with Gasteiger partial charge in [-0.1, -0.05) is 6.58 Å². The van der Waals surface area contributed by atoms with E-state index < -0.39 is 0 Å². The summed E-state index contributed by atoms with van der Waals surface area (Å²) in [4.78, 5) is 8.23. The molecule has 2 heteroatoms. The molecule has 1 rings (SSSR count). The molecule has 2 nitrogen and oxygen atoms in total. The van der Waals surface area contributed by atoms with E-state index in [1.54, 1.807) is 6.08 Å². The van der Waals surface area contributed by atoms with Gasteiger partial charge in [0.1, 0.15) is 5.84 Å². The molecular formula is C7H10N2. The highest BCUT2D eigenvalue weighted by atomic mass is 15.0. The van der Waals surface area contributed by atoms with E-state index in [0.717, 1.165) is 5.84 Å². The number of rotatable bonds is 1. The van der Waals surface area contributed by atoms with Gasteiger partial charge in [-0.15, -0.1) is 0 Å². The van der Waals surface area contributed by atoms with Gasteiger partial charge in [0.05, 0.1) is 5.54 Å². The Bertz CT molecular complexity index is 187. The number of hydrogen-bond acceptors (Lipinski definition) is 2. The van der Waals surface area contributed by atoms with Gasteiger partial charge >= 0.3 is 0 Å². The maximum Gasteiger partial charge on any atom is 0.147 e. The van der Waals surface area contributed by atoms with Crippen molar-refractivity contribution in [1.82, 2.24) is 0 Å². The second-order valence-corrected chi connectivity index (χ2v) is 2.59. The third-order valence-electron chi connectivity index (χ3n) is 1.10. The molecule has 0 spiro atoms. The molecule has 48 valence electrons. The van der Waals surface area contributed by atoms with Gasteiger partial charge in [0.2, 0.25) is 0 Å². The fraction of sp³-hybridized carbons (Fsp3) is 0.429. The van der Waals surface area contributed by atoms with Gasteiger partial charge in [0.15, 0.2) is 0 Å². The zero-order valence-electron chi connectivity index (χ0n) is 5.76. The molecule has 0 aliphatic carbocycles. The van der Waals surface area contributed by atoms with Gasteiger partial charge in [0, 0.05) is 6.21 Å². The highest BCUT2D eigenvalue weighted by molar-refractivity contribution is 6.03. The molecule has 0 N–H and O–H groups in total. The van der Waals surface area contributed by atoms with Crippen LogP contribution in [0.3, 0.4) is 0 Å². The van der Waals surface area contributed by atoms with Crippen LogP contribution in [0.4, 0.5) is 0 Å². The molecule has 0 aromatic rings. The summed E-state index contributed by atoms with van der Waals surface area (Å²) in [5.41, 5.74) is -0.108. The first-order valence-corrected chi connectivity index (χ1v) is 2.91. The lowest BCUT2D eigenvalue weighted by molar-refractivity contribution is 0.731. The van der Waals surface area contributed by atoms with E-state index in [1.165, 1.54) is 0 Å². The van der Waals surface area contributed by atoms with Crippen molar-refractivity contribution in [2.24, 2.45) is 9.98 Å². The summed E-state index contributed by atoms with van der Waals surface area (Å²) >= 11 is 0. The molecule has 0 saturated carbocycles. The second-order valence-electron chi connectivity index (χ2n) is 2.59. The van der Waals surface area contributed by atoms with E-state index in [1.807, 2.05) is 20.1 Å². The molecule has 0 aromatic carbocycles. The summed E-state index contributed by atoms with van der Waals surface area (Å²) < 4.78 is 0. The largest absolute Gasteiger partial charge is 0.255 e. The summed E-state index contributed by atoms with van der Waals surface area (Å²) in [6.07, 6.45) is 3.48. The minimum absolute atomic E-state index is 0.108. The molecule has 0 fully saturated rings. The third-order valence-corrected chi connectivity index (χ3v) is 1.10. The SMILES string of the molecule is C=CC1=NC(C)(C)C=N1. The molecule has 9 heavy (non-hydrogen) atoms. The molecule has 0 unspecified atom stereocenters. The van der Waals surface area contributed by atoms with Crippen LogP contribution in [0.25, 0.3) is 0 Å². The van der Waals surface area contributed by atoms with E-state index in [4.69, 9.17) is 0 Å². The van der Waals surface area contributed by atoms with Crippen LogP contribution in [0.5, 0.6) is 0 Å². The van der Waals surface area contributed by atoms with Crippen LogP contribution in [0.15, 0.2) is 22.6 Å². The predicted molar refractivity (Wildman–Crippen MR) is 40.2 cm³/mol. The van der Waals surface area contributed by atoms with Gasteiger partial charge in [-0.3, -0.25) is 4.99 Å². The zero-order valence-corrected chi connectivity index (χ0v) is 5.76. The average Bonchev–Trinajstić information content (AvgIpc) is 2.10. The number of hydrogen-bond donors (Lipinski definition) is 0. The molecule has 0 radical (unpaired) electrons. The highest BCUT2D eigenvalue weighted by Crippen LogP contribution is 2.11. The van der Waals surface area contributed by atoms with Crippen LogP contribution in [0.2, 0.25) is 0 Å². The lowest BCUT2D eigenvalue weighted by Crippen LogP contribution is -2.14. The molecule has 0 atom stereocenters. The van der Waals surface area contributed by atoms with E-state index in [0.29, 0.717) is 0 Å². The fourth-order valence-electron chi connectivity index (χ4n) is 0.675. The van der Waals surface area contributed by atoms with Crippen molar-refractivity contribution in [1.29, 1.82) is 0 Å². The standard InChI is InChI=1S/C7H10N2/c1-4-6-8-5-7(2,3)9-6/h4-5H,1H2,2-3H3. The van der Waals surface area contributed by atoms with Crippen LogP contribution in [0.1, 0.15) is 13.8 Å². The fourth-order valence-corrected chi connectivity index (χ4v) is 0.675. The maximum atomic E-state index is 4.22. The van der Waals surface area contributed by atoms with Crippen molar-refractivity contribution in [3.8, 4) is 0 Å². The molecule has 0 amide bonds. The molecule has 1 aliphatic heterocycles. The van der Waals surface area contributed by atoms with Crippen molar-refractivity contribution >= 4 is 12.1 Å². The average molecular weight is 122 g/mol. The number of aliphatic imine (C=N–C) groups is 2. The van der Waals surface area contributed by atoms with Gasteiger partial charge in [-0.25, -0.2) is 4.99 Å². The Labute approximate surface area is 55.0 Å². The number of nitrogens with zero attached hydrogens (tertiary/aromatic N) is 2. The van der Waals surface area contributed by atoms with Crippen LogP contribution < -0.4 is 0 Å². The van der Waals surface area contributed by atoms with E-state index in [9.17, 15) is 0 Å². The molecule has 0 aromatic heterocycles. The smallest absolute Gasteiger partial charge is 0.147 e. The monoisotopic (exact) mass is 122 g/mol. The van der Waals surface area contributed by atoms with Gasteiger partial charge < -0.3 is 0 Å². The number of amidine groups is 1. The second kappa shape index (κ2) is 1.79. The van der Waals surface area contributed by atoms with Gasteiger partial charge in [-0.05, 0) is 19.9 Å². The molecule has 1 aliphatic rings. The maximum absolute atomic E-state index is 4.22. The van der Waals surface area contributed by atoms with Gasteiger partial charge in [0.25, 0.3) is 0 Å². The Hall–Kier alpha value is -0.920. The van der Waals surface area contributed by atoms with E-state index in [2.05, 4.69) is 16.6 Å². The lowest BCUT2D eigenvalue weighted by Gasteiger charge is -2.05. The first kappa shape index (κ1) is 6.20. The van der Waals surface area contributed by atoms with Crippen LogP contribution in [0, 0.1) is 0 Å². The van der Waals surface area contributed by atoms with E-state index >= 15 is 0 Å². The molecule has 0 saturated heterocycles. The Morgan fingerprint density at radius 2 is 2.33 bits per heavy atom. The molecule has 0 bridgehead atoms. The van der Waals surface area contributed by atoms with Crippen molar-refractivity contribution in [2.75, 3.05) is 0 Å². The van der Waals surface area contributed by atoms with Crippen LogP contribution in [-0.2, 0) is 0 Å². The van der Waals surface area contributed by atoms with Crippen molar-refractivity contribution in [3.05, 3.63) is 12.7 Å². The summed E-state index contributed by atoms with van der Waals surface area (Å²) in [5, 5.41) is 0. The summed E-state index contributed by atoms with van der Waals surface area (Å²) in [6.45, 7) is 7.58. The Kier molecular flexibility index (Phi) is 1.24.